The van der Waals surface area contributed by atoms with Crippen molar-refractivity contribution in [2.45, 2.75) is 31.2 Å². The number of ether oxygens (including phenoxy) is 1. The first-order chi connectivity index (χ1) is 11.7. The van der Waals surface area contributed by atoms with Gasteiger partial charge in [-0.3, -0.25) is 4.90 Å². The zero-order valence-corrected chi connectivity index (χ0v) is 14.1. The average Bonchev–Trinajstić information content (AvgIpc) is 3.17. The molecule has 2 fully saturated rings. The number of para-hydroxylation sites is 1. The fourth-order valence-electron chi connectivity index (χ4n) is 5.61. The summed E-state index contributed by atoms with van der Waals surface area (Å²) in [7, 11) is 1.50. The Morgan fingerprint density at radius 2 is 2.25 bits per heavy atom. The third kappa shape index (κ3) is 1.50. The number of methoxy groups -OCH3 is 1. The molecule has 1 aliphatic carbocycles. The van der Waals surface area contributed by atoms with Gasteiger partial charge in [0.15, 0.2) is 0 Å². The lowest BCUT2D eigenvalue weighted by Gasteiger charge is -2.48. The quantitative estimate of drug-likeness (QED) is 0.638. The van der Waals surface area contributed by atoms with E-state index in [9.17, 15) is 4.79 Å². The SMILES string of the molecule is CC=C1CN2CC[C@]34C(=C(C(=O)OC)[C@H]1C[C@H]23)Nc1ccccc14. The van der Waals surface area contributed by atoms with Crippen LogP contribution in [-0.2, 0) is 14.9 Å². The van der Waals surface area contributed by atoms with Crippen LogP contribution in [0.25, 0.3) is 0 Å². The third-order valence-electron chi connectivity index (χ3n) is 6.60. The second-order valence-electron chi connectivity index (χ2n) is 7.31. The number of anilines is 1. The highest BCUT2D eigenvalue weighted by molar-refractivity contribution is 5.94. The van der Waals surface area contributed by atoms with E-state index in [1.807, 2.05) is 0 Å². The van der Waals surface area contributed by atoms with Gasteiger partial charge in [-0.05, 0) is 31.4 Å². The molecule has 0 aromatic heterocycles. The highest BCUT2D eigenvalue weighted by atomic mass is 16.5. The first kappa shape index (κ1) is 14.3. The van der Waals surface area contributed by atoms with Gasteiger partial charge >= 0.3 is 5.97 Å². The summed E-state index contributed by atoms with van der Waals surface area (Å²) in [5.41, 5.74) is 5.78. The van der Waals surface area contributed by atoms with Crippen LogP contribution in [0.5, 0.6) is 0 Å². The zero-order chi connectivity index (χ0) is 16.5. The monoisotopic (exact) mass is 322 g/mol. The van der Waals surface area contributed by atoms with Gasteiger partial charge in [0.25, 0.3) is 0 Å². The van der Waals surface area contributed by atoms with Gasteiger partial charge in [-0.2, -0.15) is 0 Å². The molecule has 2 bridgehead atoms. The number of carbonyl (C=O) groups excluding carboxylic acids is 1. The van der Waals surface area contributed by atoms with Crippen LogP contribution in [0, 0.1) is 5.92 Å². The number of allylic oxidation sites excluding steroid dienone is 1. The zero-order valence-electron chi connectivity index (χ0n) is 14.1. The summed E-state index contributed by atoms with van der Waals surface area (Å²) in [6.45, 7) is 4.15. The van der Waals surface area contributed by atoms with Gasteiger partial charge in [0.1, 0.15) is 0 Å². The highest BCUT2D eigenvalue weighted by Gasteiger charge is 2.62. The fraction of sp³-hybridized carbons (Fsp3) is 0.450. The van der Waals surface area contributed by atoms with Gasteiger partial charge in [-0.25, -0.2) is 4.79 Å². The van der Waals surface area contributed by atoms with Crippen LogP contribution in [0.3, 0.4) is 0 Å². The van der Waals surface area contributed by atoms with Crippen molar-refractivity contribution in [1.29, 1.82) is 0 Å². The van der Waals surface area contributed by atoms with Gasteiger partial charge in [-0.1, -0.05) is 29.8 Å². The van der Waals surface area contributed by atoms with Crippen molar-refractivity contribution in [1.82, 2.24) is 4.90 Å². The van der Waals surface area contributed by atoms with E-state index < -0.39 is 0 Å². The molecular formula is C20H22N2O2. The summed E-state index contributed by atoms with van der Waals surface area (Å²) in [5, 5.41) is 3.62. The second-order valence-corrected chi connectivity index (χ2v) is 7.31. The van der Waals surface area contributed by atoms with E-state index in [1.165, 1.54) is 18.2 Å². The number of rotatable bonds is 1. The molecule has 124 valence electrons. The summed E-state index contributed by atoms with van der Waals surface area (Å²) in [6.07, 6.45) is 4.28. The highest BCUT2D eigenvalue weighted by Crippen LogP contribution is 2.61. The number of piperidine rings is 1. The van der Waals surface area contributed by atoms with Crippen molar-refractivity contribution in [3.05, 3.63) is 52.7 Å². The maximum atomic E-state index is 12.7. The molecule has 3 aliphatic heterocycles. The number of fused-ring (bicyclic) bond motifs is 2. The van der Waals surface area contributed by atoms with Gasteiger partial charge in [0, 0.05) is 36.4 Å². The van der Waals surface area contributed by atoms with Gasteiger partial charge in [0.05, 0.1) is 18.1 Å². The number of carbonyl (C=O) groups is 1. The first-order valence-electron chi connectivity index (χ1n) is 8.79. The van der Waals surface area contributed by atoms with E-state index in [-0.39, 0.29) is 17.3 Å². The van der Waals surface area contributed by atoms with Crippen molar-refractivity contribution < 1.29 is 9.53 Å². The molecule has 1 aromatic carbocycles. The lowest BCUT2D eigenvalue weighted by Crippen LogP contribution is -2.53. The Labute approximate surface area is 142 Å². The Hall–Kier alpha value is -2.07. The van der Waals surface area contributed by atoms with Crippen LogP contribution in [0.1, 0.15) is 25.3 Å². The van der Waals surface area contributed by atoms with Gasteiger partial charge in [0.2, 0.25) is 0 Å². The number of hydrogen-bond donors (Lipinski definition) is 1. The Bertz CT molecular complexity index is 810. The number of nitrogens with zero attached hydrogens (tertiary/aromatic N) is 1. The molecule has 2 saturated heterocycles. The number of benzene rings is 1. The molecular weight excluding hydrogens is 300 g/mol. The minimum atomic E-state index is -0.173. The summed E-state index contributed by atoms with van der Waals surface area (Å²) in [5.74, 6) is 0.0135. The van der Waals surface area contributed by atoms with Gasteiger partial charge in [-0.15, -0.1) is 0 Å². The topological polar surface area (TPSA) is 41.6 Å². The summed E-state index contributed by atoms with van der Waals surface area (Å²) in [6, 6.07) is 9.03. The van der Waals surface area contributed by atoms with Crippen LogP contribution in [0.4, 0.5) is 5.69 Å². The molecule has 0 saturated carbocycles. The van der Waals surface area contributed by atoms with E-state index in [0.717, 1.165) is 42.9 Å². The van der Waals surface area contributed by atoms with Crippen molar-refractivity contribution in [2.75, 3.05) is 25.5 Å². The third-order valence-corrected chi connectivity index (χ3v) is 6.60. The number of nitrogens with one attached hydrogen (secondary N) is 1. The lowest BCUT2D eigenvalue weighted by molar-refractivity contribution is -0.137. The molecule has 1 aromatic rings. The molecule has 4 heteroatoms. The van der Waals surface area contributed by atoms with Crippen LogP contribution in [0.2, 0.25) is 0 Å². The lowest BCUT2D eigenvalue weighted by atomic mass is 9.62. The number of esters is 1. The molecule has 3 heterocycles. The van der Waals surface area contributed by atoms with Crippen molar-refractivity contribution in [3.8, 4) is 0 Å². The maximum absolute atomic E-state index is 12.7. The predicted octanol–water partition coefficient (Wildman–Crippen LogP) is 2.83. The number of hydrogen-bond acceptors (Lipinski definition) is 4. The van der Waals surface area contributed by atoms with E-state index in [1.54, 1.807) is 0 Å². The summed E-state index contributed by atoms with van der Waals surface area (Å²) >= 11 is 0. The van der Waals surface area contributed by atoms with Crippen molar-refractivity contribution in [3.63, 3.8) is 0 Å². The molecule has 0 amide bonds. The van der Waals surface area contributed by atoms with Crippen molar-refractivity contribution >= 4 is 11.7 Å². The molecule has 5 rings (SSSR count). The first-order valence-corrected chi connectivity index (χ1v) is 8.79. The molecule has 1 N–H and O–H groups in total. The fourth-order valence-corrected chi connectivity index (χ4v) is 5.61. The van der Waals surface area contributed by atoms with Crippen LogP contribution < -0.4 is 5.32 Å². The molecule has 24 heavy (non-hydrogen) atoms. The molecule has 1 spiro atoms. The smallest absolute Gasteiger partial charge is 0.336 e. The van der Waals surface area contributed by atoms with Crippen LogP contribution >= 0.6 is 0 Å². The van der Waals surface area contributed by atoms with E-state index >= 15 is 0 Å². The average molecular weight is 322 g/mol. The standard InChI is InChI=1S/C20H22N2O2/c1-3-12-11-22-9-8-20-14-6-4-5-7-15(14)21-18(20)17(19(23)24-2)13(12)10-16(20)22/h3-7,13,16,21H,8-11H2,1-2H3/t13-,16-,20+/m0/s1. The Kier molecular flexibility index (Phi) is 2.82. The van der Waals surface area contributed by atoms with Gasteiger partial charge < -0.3 is 10.1 Å². The summed E-state index contributed by atoms with van der Waals surface area (Å²) < 4.78 is 5.21. The Morgan fingerprint density at radius 1 is 1.42 bits per heavy atom. The van der Waals surface area contributed by atoms with Crippen LogP contribution in [0.15, 0.2) is 47.2 Å². The maximum Gasteiger partial charge on any atom is 0.336 e. The van der Waals surface area contributed by atoms with E-state index in [2.05, 4.69) is 47.5 Å². The second kappa shape index (κ2) is 4.73. The molecule has 0 radical (unpaired) electrons. The minimum absolute atomic E-state index is 0.0596. The molecule has 4 nitrogen and oxygen atoms in total. The Balaban J connectivity index is 1.82. The van der Waals surface area contributed by atoms with E-state index in [0.29, 0.717) is 6.04 Å². The van der Waals surface area contributed by atoms with Crippen LogP contribution in [-0.4, -0.2) is 37.1 Å². The predicted molar refractivity (Wildman–Crippen MR) is 92.6 cm³/mol. The molecule has 3 atom stereocenters. The minimum Gasteiger partial charge on any atom is -0.466 e. The Morgan fingerprint density at radius 3 is 3.04 bits per heavy atom. The molecule has 4 aliphatic rings. The largest absolute Gasteiger partial charge is 0.466 e. The molecule has 0 unspecified atom stereocenters. The van der Waals surface area contributed by atoms with E-state index in [4.69, 9.17) is 4.74 Å². The normalized spacial score (nSPS) is 34.8. The summed E-state index contributed by atoms with van der Waals surface area (Å²) in [4.78, 5) is 15.3. The van der Waals surface area contributed by atoms with Crippen molar-refractivity contribution in [2.24, 2.45) is 5.92 Å².